The molecule has 1 aromatic heterocycles. The molecule has 0 spiro atoms. The number of carbonyl (C=O) groups is 1. The average Bonchev–Trinajstić information content (AvgIpc) is 3.34. The fourth-order valence-corrected chi connectivity index (χ4v) is 5.15. The van der Waals surface area contributed by atoms with Crippen LogP contribution in [0.2, 0.25) is 5.02 Å². The monoisotopic (exact) mass is 573 g/mol. The second kappa shape index (κ2) is 12.9. The summed E-state index contributed by atoms with van der Waals surface area (Å²) in [5, 5.41) is 11.8. The molecule has 2 heterocycles. The molecule has 3 aromatic carbocycles. The molecule has 4 aromatic rings. The highest BCUT2D eigenvalue weighted by atomic mass is 35.5. The van der Waals surface area contributed by atoms with Gasteiger partial charge >= 0.3 is 6.09 Å². The Labute approximate surface area is 243 Å². The number of hydrogen-bond acceptors (Lipinski definition) is 5. The average molecular weight is 574 g/mol. The van der Waals surface area contributed by atoms with Crippen molar-refractivity contribution in [3.63, 3.8) is 0 Å². The Kier molecular flexibility index (Phi) is 8.86. The topological polar surface area (TPSA) is 126 Å². The van der Waals surface area contributed by atoms with Gasteiger partial charge in [-0.2, -0.15) is 0 Å². The van der Waals surface area contributed by atoms with Crippen LogP contribution in [-0.2, 0) is 6.42 Å². The van der Waals surface area contributed by atoms with Crippen molar-refractivity contribution >= 4 is 41.3 Å². The lowest BCUT2D eigenvalue weighted by atomic mass is 9.92. The molecular formula is C31H32ClN5O4. The molecule has 212 valence electrons. The molecule has 4 N–H and O–H groups in total. The van der Waals surface area contributed by atoms with Crippen molar-refractivity contribution in [2.24, 2.45) is 15.7 Å². The van der Waals surface area contributed by atoms with Crippen LogP contribution < -0.4 is 15.2 Å². The maximum absolute atomic E-state index is 13.5. The largest absolute Gasteiger partial charge is 0.493 e. The summed E-state index contributed by atoms with van der Waals surface area (Å²) in [6.07, 6.45) is 2.45. The van der Waals surface area contributed by atoms with E-state index in [1.807, 2.05) is 61.5 Å². The van der Waals surface area contributed by atoms with E-state index in [2.05, 4.69) is 15.0 Å². The van der Waals surface area contributed by atoms with Crippen LogP contribution in [0.3, 0.4) is 0 Å². The predicted molar refractivity (Wildman–Crippen MR) is 161 cm³/mol. The molecule has 1 aliphatic heterocycles. The quantitative estimate of drug-likeness (QED) is 0.182. The molecule has 0 aliphatic carbocycles. The van der Waals surface area contributed by atoms with E-state index in [0.29, 0.717) is 42.5 Å². The summed E-state index contributed by atoms with van der Waals surface area (Å²) in [5.41, 5.74) is 10.2. The van der Waals surface area contributed by atoms with Crippen LogP contribution in [0.1, 0.15) is 34.8 Å². The summed E-state index contributed by atoms with van der Waals surface area (Å²) in [5.74, 6) is 1.16. The Morgan fingerprint density at radius 3 is 2.68 bits per heavy atom. The third-order valence-corrected chi connectivity index (χ3v) is 7.25. The lowest BCUT2D eigenvalue weighted by Crippen LogP contribution is -2.42. The number of aromatic nitrogens is 1. The molecule has 2 atom stereocenters. The molecule has 0 fully saturated rings. The number of aliphatic hydroxyl groups excluding tert-OH is 1. The number of aryl methyl sites for hydroxylation is 1. The van der Waals surface area contributed by atoms with Gasteiger partial charge in [0.05, 0.1) is 25.6 Å². The van der Waals surface area contributed by atoms with Gasteiger partial charge in [0.25, 0.3) is 0 Å². The van der Waals surface area contributed by atoms with Crippen LogP contribution in [0, 0.1) is 6.92 Å². The van der Waals surface area contributed by atoms with Gasteiger partial charge in [0.1, 0.15) is 23.9 Å². The third kappa shape index (κ3) is 6.70. The number of nitrogens with two attached hydrogens (primary N) is 1. The van der Waals surface area contributed by atoms with Crippen LogP contribution in [0.5, 0.6) is 11.5 Å². The molecule has 41 heavy (non-hydrogen) atoms. The number of aliphatic imine (C=N–C) groups is 2. The van der Waals surface area contributed by atoms with E-state index in [1.165, 1.54) is 6.34 Å². The number of aromatic amines is 1. The molecule has 1 amide bonds. The first-order valence-electron chi connectivity index (χ1n) is 13.4. The first-order chi connectivity index (χ1) is 19.9. The van der Waals surface area contributed by atoms with E-state index in [9.17, 15) is 9.90 Å². The molecular weight excluding hydrogens is 542 g/mol. The lowest BCUT2D eigenvalue weighted by molar-refractivity contribution is 0.135. The number of aliphatic hydroxyl groups is 1. The zero-order valence-corrected chi connectivity index (χ0v) is 23.4. The summed E-state index contributed by atoms with van der Waals surface area (Å²) in [6.45, 7) is 3.01. The summed E-state index contributed by atoms with van der Waals surface area (Å²) in [4.78, 5) is 26.4. The molecule has 0 saturated carbocycles. The van der Waals surface area contributed by atoms with Gasteiger partial charge in [-0.05, 0) is 66.9 Å². The molecule has 0 saturated heterocycles. The molecule has 10 heteroatoms. The SMILES string of the molecule is Cc1ccc(OC(=O)N2CCc3c([nH]c4ccc(Cl)cc34)C2c2ccc(OCCC(O)CN=CN=CN)cc2)cc1. The molecule has 0 radical (unpaired) electrons. The van der Waals surface area contributed by atoms with Crippen LogP contribution in [0.4, 0.5) is 4.79 Å². The van der Waals surface area contributed by atoms with Crippen LogP contribution >= 0.6 is 11.6 Å². The number of H-pyrrole nitrogens is 1. The number of nitrogens with zero attached hydrogens (tertiary/aromatic N) is 3. The van der Waals surface area contributed by atoms with Gasteiger partial charge in [-0.25, -0.2) is 9.79 Å². The van der Waals surface area contributed by atoms with Crippen molar-refractivity contribution in [2.75, 3.05) is 19.7 Å². The molecule has 0 bridgehead atoms. The van der Waals surface area contributed by atoms with E-state index >= 15 is 0 Å². The summed E-state index contributed by atoms with van der Waals surface area (Å²) in [6, 6.07) is 20.4. The van der Waals surface area contributed by atoms with Gasteiger partial charge < -0.3 is 25.3 Å². The predicted octanol–water partition coefficient (Wildman–Crippen LogP) is 5.42. The highest BCUT2D eigenvalue weighted by Crippen LogP contribution is 2.40. The van der Waals surface area contributed by atoms with Gasteiger partial charge in [0, 0.05) is 34.6 Å². The molecule has 2 unspecified atom stereocenters. The standard InChI is InChI=1S/C31H32ClN5O4/c1-20-2-7-25(8-3-20)41-31(39)37-14-12-26-27-16-22(32)6-11-28(27)36-29(26)30(37)21-4-9-24(10-5-21)40-15-13-23(38)17-34-19-35-18-33/h2-11,16,18-19,23,30,36,38H,12-15,17H2,1H3,(H2,33,34,35). The van der Waals surface area contributed by atoms with Crippen molar-refractivity contribution in [2.45, 2.75) is 31.9 Å². The van der Waals surface area contributed by atoms with Crippen molar-refractivity contribution in [1.82, 2.24) is 9.88 Å². The van der Waals surface area contributed by atoms with Crippen molar-refractivity contribution in [1.29, 1.82) is 0 Å². The number of fused-ring (bicyclic) bond motifs is 3. The van der Waals surface area contributed by atoms with E-state index in [1.54, 1.807) is 17.0 Å². The zero-order chi connectivity index (χ0) is 28.8. The number of amides is 1. The smallest absolute Gasteiger partial charge is 0.416 e. The fraction of sp³-hybridized carbons (Fsp3) is 0.258. The summed E-state index contributed by atoms with van der Waals surface area (Å²) < 4.78 is 11.6. The van der Waals surface area contributed by atoms with E-state index in [4.69, 9.17) is 26.8 Å². The molecule has 5 rings (SSSR count). The minimum Gasteiger partial charge on any atom is -0.493 e. The normalized spacial score (nSPS) is 15.9. The second-order valence-corrected chi connectivity index (χ2v) is 10.3. The minimum atomic E-state index is -0.650. The Morgan fingerprint density at radius 2 is 1.93 bits per heavy atom. The van der Waals surface area contributed by atoms with Gasteiger partial charge in [0.2, 0.25) is 0 Å². The lowest BCUT2D eigenvalue weighted by Gasteiger charge is -2.35. The van der Waals surface area contributed by atoms with Crippen LogP contribution in [0.15, 0.2) is 76.7 Å². The number of hydrogen-bond donors (Lipinski definition) is 3. The van der Waals surface area contributed by atoms with Crippen LogP contribution in [-0.4, -0.2) is 59.6 Å². The number of nitrogens with one attached hydrogen (secondary N) is 1. The number of benzene rings is 3. The van der Waals surface area contributed by atoms with Gasteiger partial charge in [0.15, 0.2) is 0 Å². The van der Waals surface area contributed by atoms with Gasteiger partial charge in [-0.15, -0.1) is 0 Å². The molecule has 1 aliphatic rings. The van der Waals surface area contributed by atoms with E-state index in [0.717, 1.165) is 39.6 Å². The number of halogens is 1. The van der Waals surface area contributed by atoms with E-state index < -0.39 is 18.2 Å². The Balaban J connectivity index is 1.36. The van der Waals surface area contributed by atoms with Crippen molar-refractivity contribution in [3.8, 4) is 11.5 Å². The maximum Gasteiger partial charge on any atom is 0.416 e. The number of carbonyl (C=O) groups excluding carboxylic acids is 1. The first-order valence-corrected chi connectivity index (χ1v) is 13.8. The minimum absolute atomic E-state index is 0.216. The first kappa shape index (κ1) is 28.2. The summed E-state index contributed by atoms with van der Waals surface area (Å²) >= 11 is 6.32. The van der Waals surface area contributed by atoms with Crippen molar-refractivity contribution in [3.05, 3.63) is 94.1 Å². The highest BCUT2D eigenvalue weighted by molar-refractivity contribution is 6.31. The zero-order valence-electron chi connectivity index (χ0n) is 22.7. The van der Waals surface area contributed by atoms with Gasteiger partial charge in [-0.3, -0.25) is 9.89 Å². The van der Waals surface area contributed by atoms with Crippen LogP contribution in [0.25, 0.3) is 10.9 Å². The molecule has 9 nitrogen and oxygen atoms in total. The second-order valence-electron chi connectivity index (χ2n) is 9.87. The number of rotatable bonds is 9. The third-order valence-electron chi connectivity index (χ3n) is 7.02. The number of ether oxygens (including phenoxy) is 2. The van der Waals surface area contributed by atoms with Crippen molar-refractivity contribution < 1.29 is 19.4 Å². The Hall–Kier alpha value is -4.34. The Morgan fingerprint density at radius 1 is 1.17 bits per heavy atom. The fourth-order valence-electron chi connectivity index (χ4n) is 4.97. The summed E-state index contributed by atoms with van der Waals surface area (Å²) in [7, 11) is 0. The van der Waals surface area contributed by atoms with E-state index in [-0.39, 0.29) is 6.54 Å². The van der Waals surface area contributed by atoms with Gasteiger partial charge in [-0.1, -0.05) is 41.4 Å². The maximum atomic E-state index is 13.5. The Bertz CT molecular complexity index is 1550. The highest BCUT2D eigenvalue weighted by Gasteiger charge is 2.35.